The van der Waals surface area contributed by atoms with Crippen LogP contribution >= 0.6 is 11.6 Å². The Balaban J connectivity index is 2.89. The summed E-state index contributed by atoms with van der Waals surface area (Å²) in [5.41, 5.74) is 5.07. The van der Waals surface area contributed by atoms with Crippen molar-refractivity contribution in [1.82, 2.24) is 0 Å². The molecule has 3 nitrogen and oxygen atoms in total. The second-order valence-electron chi connectivity index (χ2n) is 5.97. The molecule has 0 fully saturated rings. The lowest BCUT2D eigenvalue weighted by molar-refractivity contribution is -0.137. The van der Waals surface area contributed by atoms with Crippen LogP contribution < -0.4 is 4.74 Å². The first kappa shape index (κ1) is 21.8. The number of rotatable bonds is 7. The maximum Gasteiger partial charge on any atom is 0.330 e. The summed E-state index contributed by atoms with van der Waals surface area (Å²) in [5.74, 6) is 0.471. The molecule has 0 saturated heterocycles. The second kappa shape index (κ2) is 10.7. The molecular formula is C22H27ClO3. The highest BCUT2D eigenvalue weighted by atomic mass is 35.5. The average molecular weight is 375 g/mol. The Morgan fingerprint density at radius 1 is 1.15 bits per heavy atom. The number of carbonyl (C=O) groups excluding carboxylic acids is 1. The van der Waals surface area contributed by atoms with Crippen LogP contribution in [0.5, 0.6) is 5.75 Å². The molecule has 0 aromatic heterocycles. The molecule has 0 aliphatic heterocycles. The number of ether oxygens (including phenoxy) is 2. The van der Waals surface area contributed by atoms with E-state index in [-0.39, 0.29) is 5.97 Å². The van der Waals surface area contributed by atoms with Crippen LogP contribution in [0.2, 0.25) is 5.02 Å². The Morgan fingerprint density at radius 2 is 1.85 bits per heavy atom. The van der Waals surface area contributed by atoms with Gasteiger partial charge in [0.2, 0.25) is 0 Å². The summed E-state index contributed by atoms with van der Waals surface area (Å²) in [6.45, 7) is 10.1. The average Bonchev–Trinajstić information content (AvgIpc) is 2.58. The largest absolute Gasteiger partial charge is 0.496 e. The standard InChI is InChI=1S/C22H27ClO3/c1-7-26-22(24)13-16(3)10-8-9-15(2)11-12-19-17(4)18(5)21(25-6)14-20(19)23/h8-14H,7H2,1-6H3. The zero-order valence-electron chi connectivity index (χ0n) is 16.4. The molecule has 1 aromatic carbocycles. The number of methoxy groups -OCH3 is 1. The molecule has 0 radical (unpaired) electrons. The van der Waals surface area contributed by atoms with E-state index in [2.05, 4.69) is 0 Å². The molecule has 0 unspecified atom stereocenters. The third-order valence-corrected chi connectivity index (χ3v) is 4.25. The van der Waals surface area contributed by atoms with E-state index in [0.717, 1.165) is 33.6 Å². The van der Waals surface area contributed by atoms with E-state index in [0.29, 0.717) is 11.6 Å². The van der Waals surface area contributed by atoms with E-state index in [4.69, 9.17) is 21.1 Å². The first-order valence-electron chi connectivity index (χ1n) is 8.51. The highest BCUT2D eigenvalue weighted by Gasteiger charge is 2.09. The van der Waals surface area contributed by atoms with Crippen LogP contribution in [0.15, 0.2) is 47.6 Å². The molecular weight excluding hydrogens is 348 g/mol. The topological polar surface area (TPSA) is 35.5 Å². The van der Waals surface area contributed by atoms with Gasteiger partial charge in [0.15, 0.2) is 0 Å². The predicted molar refractivity (Wildman–Crippen MR) is 110 cm³/mol. The smallest absolute Gasteiger partial charge is 0.330 e. The molecule has 26 heavy (non-hydrogen) atoms. The SMILES string of the molecule is CCOC(=O)C=C(C)C=CC=C(C)C=Cc1c(Cl)cc(OC)c(C)c1C. The van der Waals surface area contributed by atoms with Crippen molar-refractivity contribution >= 4 is 23.6 Å². The van der Waals surface area contributed by atoms with Gasteiger partial charge in [-0.2, -0.15) is 0 Å². The molecule has 0 saturated carbocycles. The van der Waals surface area contributed by atoms with Crippen LogP contribution in [0, 0.1) is 13.8 Å². The quantitative estimate of drug-likeness (QED) is 0.334. The van der Waals surface area contributed by atoms with Gasteiger partial charge in [-0.05, 0) is 62.9 Å². The van der Waals surface area contributed by atoms with Gasteiger partial charge in [0.1, 0.15) is 5.75 Å². The molecule has 1 aromatic rings. The van der Waals surface area contributed by atoms with Crippen LogP contribution in [-0.2, 0) is 9.53 Å². The third-order valence-electron chi connectivity index (χ3n) is 3.93. The minimum atomic E-state index is -0.324. The Morgan fingerprint density at radius 3 is 2.46 bits per heavy atom. The van der Waals surface area contributed by atoms with Crippen molar-refractivity contribution in [3.8, 4) is 5.75 Å². The molecule has 140 valence electrons. The second-order valence-corrected chi connectivity index (χ2v) is 6.38. The molecule has 0 atom stereocenters. The maximum atomic E-state index is 11.4. The number of benzene rings is 1. The normalized spacial score (nSPS) is 12.9. The zero-order valence-corrected chi connectivity index (χ0v) is 17.1. The highest BCUT2D eigenvalue weighted by Crippen LogP contribution is 2.32. The number of halogens is 1. The summed E-state index contributed by atoms with van der Waals surface area (Å²) < 4.78 is 10.2. The first-order chi connectivity index (χ1) is 12.3. The minimum absolute atomic E-state index is 0.324. The van der Waals surface area contributed by atoms with Crippen molar-refractivity contribution in [2.45, 2.75) is 34.6 Å². The zero-order chi connectivity index (χ0) is 19.7. The molecule has 0 heterocycles. The van der Waals surface area contributed by atoms with Crippen molar-refractivity contribution in [2.24, 2.45) is 0 Å². The van der Waals surface area contributed by atoms with Crippen molar-refractivity contribution < 1.29 is 14.3 Å². The number of esters is 1. The Hall–Kier alpha value is -2.26. The van der Waals surface area contributed by atoms with Crippen LogP contribution in [-0.4, -0.2) is 19.7 Å². The van der Waals surface area contributed by atoms with E-state index in [1.165, 1.54) is 6.08 Å². The van der Waals surface area contributed by atoms with E-state index >= 15 is 0 Å². The van der Waals surface area contributed by atoms with Crippen LogP contribution in [0.25, 0.3) is 6.08 Å². The molecule has 4 heteroatoms. The summed E-state index contributed by atoms with van der Waals surface area (Å²) in [7, 11) is 1.64. The Labute approximate surface area is 161 Å². The lowest BCUT2D eigenvalue weighted by Crippen LogP contribution is -1.99. The molecule has 1 rings (SSSR count). The van der Waals surface area contributed by atoms with Crippen LogP contribution in [0.4, 0.5) is 0 Å². The third kappa shape index (κ3) is 6.57. The monoisotopic (exact) mass is 374 g/mol. The fraction of sp³-hybridized carbons (Fsp3) is 0.318. The van der Waals surface area contributed by atoms with Gasteiger partial charge in [-0.25, -0.2) is 4.79 Å². The molecule has 0 N–H and O–H groups in total. The molecule has 0 spiro atoms. The van der Waals surface area contributed by atoms with Crippen molar-refractivity contribution in [1.29, 1.82) is 0 Å². The molecule has 0 aliphatic rings. The van der Waals surface area contributed by atoms with E-state index in [9.17, 15) is 4.79 Å². The van der Waals surface area contributed by atoms with Gasteiger partial charge in [-0.3, -0.25) is 0 Å². The summed E-state index contributed by atoms with van der Waals surface area (Å²) >= 11 is 6.37. The van der Waals surface area contributed by atoms with Crippen molar-refractivity contribution in [2.75, 3.05) is 13.7 Å². The van der Waals surface area contributed by atoms with E-state index in [1.54, 1.807) is 14.0 Å². The molecule has 0 bridgehead atoms. The Bertz CT molecular complexity index is 768. The van der Waals surface area contributed by atoms with Crippen LogP contribution in [0.3, 0.4) is 0 Å². The van der Waals surface area contributed by atoms with E-state index < -0.39 is 0 Å². The van der Waals surface area contributed by atoms with Gasteiger partial charge >= 0.3 is 5.97 Å². The summed E-state index contributed by atoms with van der Waals surface area (Å²) in [6.07, 6.45) is 11.2. The van der Waals surface area contributed by atoms with Crippen molar-refractivity contribution in [3.63, 3.8) is 0 Å². The summed E-state index contributed by atoms with van der Waals surface area (Å²) in [4.78, 5) is 11.4. The van der Waals surface area contributed by atoms with Crippen molar-refractivity contribution in [3.05, 3.63) is 69.3 Å². The summed E-state index contributed by atoms with van der Waals surface area (Å²) in [6, 6.07) is 1.84. The van der Waals surface area contributed by atoms with Gasteiger partial charge in [0, 0.05) is 6.08 Å². The highest BCUT2D eigenvalue weighted by molar-refractivity contribution is 6.32. The van der Waals surface area contributed by atoms with Gasteiger partial charge < -0.3 is 9.47 Å². The fourth-order valence-corrected chi connectivity index (χ4v) is 2.63. The predicted octanol–water partition coefficient (Wildman–Crippen LogP) is 5.99. The lowest BCUT2D eigenvalue weighted by atomic mass is 10.0. The molecule has 0 aliphatic carbocycles. The maximum absolute atomic E-state index is 11.4. The Kier molecular flexibility index (Phi) is 8.94. The van der Waals surface area contributed by atoms with Crippen LogP contribution in [0.1, 0.15) is 37.5 Å². The van der Waals surface area contributed by atoms with E-state index in [1.807, 2.05) is 64.1 Å². The first-order valence-corrected chi connectivity index (χ1v) is 8.89. The number of hydrogen-bond acceptors (Lipinski definition) is 3. The van der Waals surface area contributed by atoms with Gasteiger partial charge in [0.25, 0.3) is 0 Å². The fourth-order valence-electron chi connectivity index (χ4n) is 2.32. The van der Waals surface area contributed by atoms with Gasteiger partial charge in [0.05, 0.1) is 18.7 Å². The van der Waals surface area contributed by atoms with Gasteiger partial charge in [-0.1, -0.05) is 47.6 Å². The number of carbonyl (C=O) groups is 1. The molecule has 0 amide bonds. The minimum Gasteiger partial charge on any atom is -0.496 e. The lowest BCUT2D eigenvalue weighted by Gasteiger charge is -2.12. The van der Waals surface area contributed by atoms with Gasteiger partial charge in [-0.15, -0.1) is 0 Å². The number of allylic oxidation sites excluding steroid dienone is 6. The number of hydrogen-bond donors (Lipinski definition) is 0. The summed E-state index contributed by atoms with van der Waals surface area (Å²) in [5, 5.41) is 0.665.